The van der Waals surface area contributed by atoms with Crippen molar-refractivity contribution in [2.24, 2.45) is 0 Å². The molecule has 22 heavy (non-hydrogen) atoms. The standard InChI is InChI=1S/C6H8NO12P3/c8-7(9)5-3-1-2-4-6(5)17-21(13,14)19-22(15,16)18-20(10,11)12/h1-4H,(H,13,14)(H,15,16)(H2,10,11,12). The van der Waals surface area contributed by atoms with Crippen LogP contribution < -0.4 is 4.52 Å². The number of nitro benzene ring substituents is 1. The summed E-state index contributed by atoms with van der Waals surface area (Å²) in [5, 5.41) is 10.7. The Bertz CT molecular complexity index is 711. The van der Waals surface area contributed by atoms with Crippen LogP contribution in [0.25, 0.3) is 0 Å². The lowest BCUT2D eigenvalue weighted by Crippen LogP contribution is -2.00. The highest BCUT2D eigenvalue weighted by Crippen LogP contribution is 2.66. The summed E-state index contributed by atoms with van der Waals surface area (Å²) < 4.78 is 44.1. The van der Waals surface area contributed by atoms with E-state index in [0.29, 0.717) is 0 Å². The average Bonchev–Trinajstić information content (AvgIpc) is 2.22. The molecule has 13 nitrogen and oxygen atoms in total. The van der Waals surface area contributed by atoms with Gasteiger partial charge in [-0.05, 0) is 6.07 Å². The van der Waals surface area contributed by atoms with E-state index in [1.807, 2.05) is 0 Å². The van der Waals surface area contributed by atoms with Crippen LogP contribution in [0.15, 0.2) is 24.3 Å². The minimum atomic E-state index is -5.68. The zero-order valence-corrected chi connectivity index (χ0v) is 12.8. The molecule has 0 aromatic heterocycles. The molecule has 0 aliphatic carbocycles. The van der Waals surface area contributed by atoms with Gasteiger partial charge < -0.3 is 19.2 Å². The van der Waals surface area contributed by atoms with Crippen molar-refractivity contribution in [3.05, 3.63) is 34.4 Å². The van der Waals surface area contributed by atoms with Crippen molar-refractivity contribution in [3.8, 4) is 5.75 Å². The van der Waals surface area contributed by atoms with E-state index in [2.05, 4.69) is 13.1 Å². The van der Waals surface area contributed by atoms with Crippen LogP contribution in [0.3, 0.4) is 0 Å². The van der Waals surface area contributed by atoms with Crippen LogP contribution in [0.4, 0.5) is 5.69 Å². The molecule has 2 atom stereocenters. The molecule has 1 aromatic rings. The van der Waals surface area contributed by atoms with Crippen molar-refractivity contribution in [3.63, 3.8) is 0 Å². The first kappa shape index (κ1) is 18.9. The molecule has 0 saturated carbocycles. The molecule has 0 spiro atoms. The lowest BCUT2D eigenvalue weighted by Gasteiger charge is -2.16. The van der Waals surface area contributed by atoms with Gasteiger partial charge in [0.25, 0.3) is 0 Å². The molecule has 0 radical (unpaired) electrons. The number of rotatable bonds is 7. The molecular formula is C6H8NO12P3. The van der Waals surface area contributed by atoms with E-state index in [0.717, 1.165) is 12.1 Å². The van der Waals surface area contributed by atoms with Crippen LogP contribution in [0, 0.1) is 10.1 Å². The second-order valence-corrected chi connectivity index (χ2v) is 7.75. The number of phosphoric acid groups is 3. The van der Waals surface area contributed by atoms with Crippen molar-refractivity contribution < 1.29 is 51.3 Å². The van der Waals surface area contributed by atoms with Crippen LogP contribution >= 0.6 is 23.5 Å². The van der Waals surface area contributed by atoms with E-state index < -0.39 is 39.8 Å². The second kappa shape index (κ2) is 6.55. The van der Waals surface area contributed by atoms with Crippen molar-refractivity contribution in [1.82, 2.24) is 0 Å². The molecular weight excluding hydrogens is 371 g/mol. The summed E-state index contributed by atoms with van der Waals surface area (Å²) in [6.07, 6.45) is 0. The van der Waals surface area contributed by atoms with Crippen LogP contribution in [-0.2, 0) is 22.3 Å². The lowest BCUT2D eigenvalue weighted by atomic mass is 10.3. The maximum Gasteiger partial charge on any atom is 0.536 e. The van der Waals surface area contributed by atoms with E-state index in [1.54, 1.807) is 0 Å². The molecule has 0 saturated heterocycles. The molecule has 0 aliphatic heterocycles. The quantitative estimate of drug-likeness (QED) is 0.301. The van der Waals surface area contributed by atoms with Crippen molar-refractivity contribution in [1.29, 1.82) is 0 Å². The van der Waals surface area contributed by atoms with Crippen molar-refractivity contribution in [2.45, 2.75) is 0 Å². The van der Waals surface area contributed by atoms with Crippen LogP contribution in [0.5, 0.6) is 5.75 Å². The molecule has 0 amide bonds. The Morgan fingerprint density at radius 3 is 2.00 bits per heavy atom. The summed E-state index contributed by atoms with van der Waals surface area (Å²) in [7, 11) is -16.7. The number of nitrogens with zero attached hydrogens (tertiary/aromatic N) is 1. The summed E-state index contributed by atoms with van der Waals surface area (Å²) in [4.78, 5) is 44.5. The zero-order chi connectivity index (χ0) is 17.2. The first-order valence-electron chi connectivity index (χ1n) is 4.88. The van der Waals surface area contributed by atoms with Gasteiger partial charge in [-0.2, -0.15) is 8.62 Å². The third-order valence-corrected chi connectivity index (χ3v) is 5.45. The van der Waals surface area contributed by atoms with Crippen molar-refractivity contribution >= 4 is 29.2 Å². The molecule has 0 bridgehead atoms. The first-order chi connectivity index (χ1) is 9.81. The first-order valence-corrected chi connectivity index (χ1v) is 9.40. The summed E-state index contributed by atoms with van der Waals surface area (Å²) >= 11 is 0. The van der Waals surface area contributed by atoms with Gasteiger partial charge in [-0.25, -0.2) is 13.7 Å². The SMILES string of the molecule is O=[N+]([O-])c1ccccc1OP(=O)(O)OP(=O)(O)OP(=O)(O)O. The van der Waals surface area contributed by atoms with Gasteiger partial charge in [0.2, 0.25) is 5.75 Å². The largest absolute Gasteiger partial charge is 0.536 e. The smallest absolute Gasteiger partial charge is 0.396 e. The Labute approximate surface area is 121 Å². The Morgan fingerprint density at radius 1 is 0.955 bits per heavy atom. The van der Waals surface area contributed by atoms with E-state index in [9.17, 15) is 28.7 Å². The summed E-state index contributed by atoms with van der Waals surface area (Å²) in [6.45, 7) is 0. The minimum Gasteiger partial charge on any atom is -0.396 e. The lowest BCUT2D eigenvalue weighted by molar-refractivity contribution is -0.385. The molecule has 16 heteroatoms. The Kier molecular flexibility index (Phi) is 5.63. The number of hydrogen-bond acceptors (Lipinski definition) is 8. The molecule has 2 unspecified atom stereocenters. The van der Waals surface area contributed by atoms with Gasteiger partial charge in [0, 0.05) is 6.07 Å². The van der Waals surface area contributed by atoms with E-state index in [1.165, 1.54) is 12.1 Å². The van der Waals surface area contributed by atoms with E-state index in [-0.39, 0.29) is 0 Å². The molecule has 0 heterocycles. The highest BCUT2D eigenvalue weighted by molar-refractivity contribution is 7.66. The molecule has 0 fully saturated rings. The van der Waals surface area contributed by atoms with Gasteiger partial charge >= 0.3 is 29.2 Å². The van der Waals surface area contributed by atoms with Gasteiger partial charge in [0.05, 0.1) is 4.92 Å². The highest BCUT2D eigenvalue weighted by Gasteiger charge is 2.42. The van der Waals surface area contributed by atoms with Gasteiger partial charge in [-0.1, -0.05) is 12.1 Å². The normalized spacial score (nSPS) is 17.3. The Hall–Kier alpha value is -1.13. The Balaban J connectivity index is 2.98. The summed E-state index contributed by atoms with van der Waals surface area (Å²) in [5.41, 5.74) is -0.760. The number of hydrogen-bond donors (Lipinski definition) is 4. The van der Waals surface area contributed by atoms with Crippen LogP contribution in [-0.4, -0.2) is 24.5 Å². The van der Waals surface area contributed by atoms with Gasteiger partial charge in [0.15, 0.2) is 0 Å². The topological polar surface area (TPSA) is 203 Å². The van der Waals surface area contributed by atoms with Crippen LogP contribution in [0.1, 0.15) is 0 Å². The zero-order valence-electron chi connectivity index (χ0n) is 10.2. The number of benzene rings is 1. The van der Waals surface area contributed by atoms with Crippen molar-refractivity contribution in [2.75, 3.05) is 0 Å². The van der Waals surface area contributed by atoms with Crippen LogP contribution in [0.2, 0.25) is 0 Å². The van der Waals surface area contributed by atoms with Gasteiger partial charge in [0.1, 0.15) is 0 Å². The fourth-order valence-corrected chi connectivity index (χ4v) is 4.15. The van der Waals surface area contributed by atoms with Gasteiger partial charge in [-0.15, -0.1) is 0 Å². The minimum absolute atomic E-state index is 0.760. The number of nitro groups is 1. The third kappa shape index (κ3) is 6.32. The predicted octanol–water partition coefficient (Wildman–Crippen LogP) is 1.30. The van der Waals surface area contributed by atoms with Gasteiger partial charge in [-0.3, -0.25) is 15.0 Å². The fourth-order valence-electron chi connectivity index (χ4n) is 1.11. The predicted molar refractivity (Wildman–Crippen MR) is 67.6 cm³/mol. The monoisotopic (exact) mass is 379 g/mol. The summed E-state index contributed by atoms with van der Waals surface area (Å²) in [5.74, 6) is -0.783. The van der Waals surface area contributed by atoms with E-state index in [4.69, 9.17) is 14.7 Å². The summed E-state index contributed by atoms with van der Waals surface area (Å²) in [6, 6.07) is 4.19. The number of phosphoric ester groups is 1. The van der Waals surface area contributed by atoms with E-state index >= 15 is 0 Å². The molecule has 1 aromatic carbocycles. The third-order valence-electron chi connectivity index (χ3n) is 1.69. The average molecular weight is 379 g/mol. The Morgan fingerprint density at radius 2 is 1.50 bits per heavy atom. The number of para-hydroxylation sites is 2. The fraction of sp³-hybridized carbons (Fsp3) is 0. The molecule has 4 N–H and O–H groups in total. The molecule has 0 aliphatic rings. The molecule has 124 valence electrons. The second-order valence-electron chi connectivity index (χ2n) is 3.41. The molecule has 1 rings (SSSR count). The maximum absolute atomic E-state index is 11.5. The highest BCUT2D eigenvalue weighted by atomic mass is 31.3. The maximum atomic E-state index is 11.5.